The second kappa shape index (κ2) is 6.10. The van der Waals surface area contributed by atoms with E-state index >= 15 is 0 Å². The Morgan fingerprint density at radius 2 is 1.79 bits per heavy atom. The average Bonchev–Trinajstić information content (AvgIpc) is 3.23. The SMILES string of the molecule is O=C1NC(=O)C2C1C1C=Cc3ccccc3N1C2C(=O)c1cccc([N+](=O)[O-])c1. The van der Waals surface area contributed by atoms with Crippen molar-refractivity contribution in [2.75, 3.05) is 4.90 Å². The monoisotopic (exact) mass is 389 g/mol. The van der Waals surface area contributed by atoms with E-state index in [1.807, 2.05) is 41.3 Å². The number of fused-ring (bicyclic) bond motifs is 5. The largest absolute Gasteiger partial charge is 0.352 e. The van der Waals surface area contributed by atoms with Crippen LogP contribution in [0.3, 0.4) is 0 Å². The molecular weight excluding hydrogens is 374 g/mol. The third-order valence-corrected chi connectivity index (χ3v) is 5.87. The number of carbonyl (C=O) groups is 3. The molecule has 4 unspecified atom stereocenters. The lowest BCUT2D eigenvalue weighted by molar-refractivity contribution is -0.384. The molecule has 144 valence electrons. The number of amides is 2. The molecule has 3 heterocycles. The molecule has 0 saturated carbocycles. The summed E-state index contributed by atoms with van der Waals surface area (Å²) in [6.07, 6.45) is 3.74. The van der Waals surface area contributed by atoms with Gasteiger partial charge in [0.05, 0.1) is 22.8 Å². The maximum Gasteiger partial charge on any atom is 0.270 e. The minimum Gasteiger partial charge on any atom is -0.352 e. The molecule has 0 bridgehead atoms. The van der Waals surface area contributed by atoms with Gasteiger partial charge >= 0.3 is 0 Å². The topological polar surface area (TPSA) is 110 Å². The Labute approximate surface area is 165 Å². The molecule has 1 N–H and O–H groups in total. The molecule has 0 spiro atoms. The Morgan fingerprint density at radius 3 is 2.59 bits per heavy atom. The van der Waals surface area contributed by atoms with E-state index < -0.39 is 46.4 Å². The Kier molecular flexibility index (Phi) is 3.64. The summed E-state index contributed by atoms with van der Waals surface area (Å²) in [5.41, 5.74) is 1.59. The molecule has 2 saturated heterocycles. The van der Waals surface area contributed by atoms with Crippen LogP contribution >= 0.6 is 0 Å². The van der Waals surface area contributed by atoms with Crippen molar-refractivity contribution in [2.45, 2.75) is 12.1 Å². The van der Waals surface area contributed by atoms with Crippen LogP contribution in [0.15, 0.2) is 54.6 Å². The first-order valence-electron chi connectivity index (χ1n) is 9.16. The molecule has 8 nitrogen and oxygen atoms in total. The number of non-ortho nitro benzene ring substituents is 1. The Morgan fingerprint density at radius 1 is 1.03 bits per heavy atom. The fourth-order valence-corrected chi connectivity index (χ4v) is 4.67. The third-order valence-electron chi connectivity index (χ3n) is 5.87. The molecule has 3 aliphatic rings. The van der Waals surface area contributed by atoms with Gasteiger partial charge in [0.2, 0.25) is 11.8 Å². The molecule has 8 heteroatoms. The highest BCUT2D eigenvalue weighted by molar-refractivity contribution is 6.14. The molecule has 2 fully saturated rings. The van der Waals surface area contributed by atoms with Gasteiger partial charge < -0.3 is 4.90 Å². The standard InChI is InChI=1S/C21H15N3O5/c25-19(12-5-3-6-13(10-12)24(28)29)18-17-16(20(26)22-21(17)27)15-9-8-11-4-1-2-7-14(11)23(15)18/h1-10,15-18H,(H,22,26,27). The van der Waals surface area contributed by atoms with Gasteiger partial charge in [0, 0.05) is 23.4 Å². The number of hydrogen-bond acceptors (Lipinski definition) is 6. The number of benzene rings is 2. The zero-order chi connectivity index (χ0) is 20.3. The first-order chi connectivity index (χ1) is 14.0. The van der Waals surface area contributed by atoms with Gasteiger partial charge in [-0.05, 0) is 11.6 Å². The number of rotatable bonds is 3. The molecule has 29 heavy (non-hydrogen) atoms. The van der Waals surface area contributed by atoms with Gasteiger partial charge in [0.15, 0.2) is 5.78 Å². The van der Waals surface area contributed by atoms with Crippen LogP contribution in [-0.4, -0.2) is 34.6 Å². The van der Waals surface area contributed by atoms with Crippen LogP contribution in [0.2, 0.25) is 0 Å². The fourth-order valence-electron chi connectivity index (χ4n) is 4.67. The van der Waals surface area contributed by atoms with Crippen LogP contribution in [-0.2, 0) is 9.59 Å². The van der Waals surface area contributed by atoms with E-state index in [0.717, 1.165) is 11.3 Å². The second-order valence-corrected chi connectivity index (χ2v) is 7.34. The number of nitro benzene ring substituents is 1. The summed E-state index contributed by atoms with van der Waals surface area (Å²) >= 11 is 0. The van der Waals surface area contributed by atoms with Crippen LogP contribution in [0.4, 0.5) is 11.4 Å². The van der Waals surface area contributed by atoms with E-state index in [1.165, 1.54) is 24.3 Å². The minimum atomic E-state index is -0.926. The lowest BCUT2D eigenvalue weighted by Crippen LogP contribution is -2.47. The quantitative estimate of drug-likeness (QED) is 0.372. The van der Waals surface area contributed by atoms with Crippen molar-refractivity contribution in [3.63, 3.8) is 0 Å². The lowest BCUT2D eigenvalue weighted by Gasteiger charge is -2.35. The van der Waals surface area contributed by atoms with Crippen LogP contribution in [0, 0.1) is 22.0 Å². The number of imide groups is 1. The smallest absolute Gasteiger partial charge is 0.270 e. The highest BCUT2D eigenvalue weighted by atomic mass is 16.6. The molecular formula is C21H15N3O5. The van der Waals surface area contributed by atoms with Gasteiger partial charge in [-0.15, -0.1) is 0 Å². The summed E-state index contributed by atoms with van der Waals surface area (Å²) < 4.78 is 0. The Bertz CT molecular complexity index is 1120. The van der Waals surface area contributed by atoms with E-state index in [2.05, 4.69) is 5.32 Å². The summed E-state index contributed by atoms with van der Waals surface area (Å²) in [5, 5.41) is 13.5. The van der Waals surface area contributed by atoms with Crippen molar-refractivity contribution in [3.8, 4) is 0 Å². The van der Waals surface area contributed by atoms with E-state index in [4.69, 9.17) is 0 Å². The normalized spacial score (nSPS) is 26.6. The molecule has 0 aromatic heterocycles. The zero-order valence-corrected chi connectivity index (χ0v) is 15.0. The molecule has 2 amide bonds. The minimum absolute atomic E-state index is 0.141. The maximum absolute atomic E-state index is 13.5. The van der Waals surface area contributed by atoms with Gasteiger partial charge in [-0.2, -0.15) is 0 Å². The van der Waals surface area contributed by atoms with Crippen molar-refractivity contribution in [1.82, 2.24) is 5.32 Å². The average molecular weight is 389 g/mol. The van der Waals surface area contributed by atoms with Gasteiger partial charge in [-0.25, -0.2) is 0 Å². The van der Waals surface area contributed by atoms with Gasteiger partial charge in [-0.3, -0.25) is 29.8 Å². The summed E-state index contributed by atoms with van der Waals surface area (Å²) in [4.78, 5) is 51.0. The maximum atomic E-state index is 13.5. The predicted molar refractivity (Wildman–Crippen MR) is 103 cm³/mol. The number of hydrogen-bond donors (Lipinski definition) is 1. The Hall–Kier alpha value is -3.81. The zero-order valence-electron chi connectivity index (χ0n) is 15.0. The third kappa shape index (κ3) is 2.42. The van der Waals surface area contributed by atoms with Crippen LogP contribution in [0.5, 0.6) is 0 Å². The molecule has 0 aliphatic carbocycles. The van der Waals surface area contributed by atoms with Crippen molar-refractivity contribution in [1.29, 1.82) is 0 Å². The number of ketones is 1. The van der Waals surface area contributed by atoms with E-state index in [0.29, 0.717) is 0 Å². The number of nitrogens with zero attached hydrogens (tertiary/aromatic N) is 2. The molecule has 2 aromatic carbocycles. The van der Waals surface area contributed by atoms with E-state index in [9.17, 15) is 24.5 Å². The number of anilines is 1. The van der Waals surface area contributed by atoms with Crippen LogP contribution < -0.4 is 10.2 Å². The van der Waals surface area contributed by atoms with Gasteiger partial charge in [0.1, 0.15) is 6.04 Å². The highest BCUT2D eigenvalue weighted by Gasteiger charge is 2.61. The number of Topliss-reactive ketones (excluding diaryl/α,β-unsaturated/α-hetero) is 1. The first-order valence-corrected chi connectivity index (χ1v) is 9.16. The van der Waals surface area contributed by atoms with Gasteiger partial charge in [0.25, 0.3) is 5.69 Å². The van der Waals surface area contributed by atoms with Crippen molar-refractivity contribution >= 4 is 35.0 Å². The molecule has 3 aliphatic heterocycles. The summed E-state index contributed by atoms with van der Waals surface area (Å²) in [6, 6.07) is 11.5. The van der Waals surface area contributed by atoms with Crippen molar-refractivity contribution in [3.05, 3.63) is 75.8 Å². The fraction of sp³-hybridized carbons (Fsp3) is 0.190. The number of carbonyl (C=O) groups excluding carboxylic acids is 3. The van der Waals surface area contributed by atoms with E-state index in [1.54, 1.807) is 0 Å². The summed E-state index contributed by atoms with van der Waals surface area (Å²) in [7, 11) is 0. The van der Waals surface area contributed by atoms with Gasteiger partial charge in [-0.1, -0.05) is 42.5 Å². The number of nitrogens with one attached hydrogen (secondary N) is 1. The lowest BCUT2D eigenvalue weighted by atomic mass is 9.86. The molecule has 4 atom stereocenters. The summed E-state index contributed by atoms with van der Waals surface area (Å²) in [5.74, 6) is -2.83. The predicted octanol–water partition coefficient (Wildman–Crippen LogP) is 1.95. The molecule has 0 radical (unpaired) electrons. The van der Waals surface area contributed by atoms with E-state index in [-0.39, 0.29) is 11.3 Å². The number of nitro groups is 1. The van der Waals surface area contributed by atoms with Crippen molar-refractivity contribution < 1.29 is 19.3 Å². The molecule has 2 aromatic rings. The van der Waals surface area contributed by atoms with Crippen LogP contribution in [0.1, 0.15) is 15.9 Å². The second-order valence-electron chi connectivity index (χ2n) is 7.34. The Balaban J connectivity index is 1.65. The first kappa shape index (κ1) is 17.3. The van der Waals surface area contributed by atoms with Crippen molar-refractivity contribution in [2.24, 2.45) is 11.8 Å². The highest BCUT2D eigenvalue weighted by Crippen LogP contribution is 2.47. The molecule has 5 rings (SSSR count). The van der Waals surface area contributed by atoms with Crippen LogP contribution in [0.25, 0.3) is 6.08 Å². The summed E-state index contributed by atoms with van der Waals surface area (Å²) in [6.45, 7) is 0. The number of para-hydroxylation sites is 1.